The number of pyridine rings is 1. The molecule has 132 valence electrons. The molecule has 0 spiro atoms. The number of phenolic OH excluding ortho intramolecular Hbond substituents is 1. The Hall–Kier alpha value is -3.29. The van der Waals surface area contributed by atoms with Crippen LogP contribution in [0.15, 0.2) is 24.3 Å². The SMILES string of the molecule is COC(=O)c1cc(-c2c(OC)cc(O)cc2OC)cc(C(=O)OC)n1. The average molecular weight is 347 g/mol. The zero-order valence-corrected chi connectivity index (χ0v) is 14.2. The summed E-state index contributed by atoms with van der Waals surface area (Å²) in [7, 11) is 5.25. The third-order valence-corrected chi connectivity index (χ3v) is 3.39. The van der Waals surface area contributed by atoms with Crippen LogP contribution in [-0.2, 0) is 9.47 Å². The molecule has 1 heterocycles. The number of hydrogen-bond donors (Lipinski definition) is 1. The summed E-state index contributed by atoms with van der Waals surface area (Å²) in [6.07, 6.45) is 0. The van der Waals surface area contributed by atoms with Gasteiger partial charge in [-0.25, -0.2) is 14.6 Å². The number of esters is 2. The lowest BCUT2D eigenvalue weighted by Gasteiger charge is -2.15. The van der Waals surface area contributed by atoms with Gasteiger partial charge < -0.3 is 24.1 Å². The first-order valence-electron chi connectivity index (χ1n) is 7.09. The molecule has 0 aliphatic heterocycles. The lowest BCUT2D eigenvalue weighted by atomic mass is 10.0. The third-order valence-electron chi connectivity index (χ3n) is 3.39. The van der Waals surface area contributed by atoms with Gasteiger partial charge in [-0.2, -0.15) is 0 Å². The van der Waals surface area contributed by atoms with Crippen LogP contribution >= 0.6 is 0 Å². The smallest absolute Gasteiger partial charge is 0.356 e. The zero-order chi connectivity index (χ0) is 18.6. The molecular weight excluding hydrogens is 330 g/mol. The Bertz CT molecular complexity index is 757. The van der Waals surface area contributed by atoms with Crippen molar-refractivity contribution in [2.75, 3.05) is 28.4 Å². The lowest BCUT2D eigenvalue weighted by Crippen LogP contribution is -2.11. The molecule has 1 aromatic heterocycles. The maximum absolute atomic E-state index is 11.9. The monoisotopic (exact) mass is 347 g/mol. The number of aromatic nitrogens is 1. The minimum atomic E-state index is -0.719. The average Bonchev–Trinajstić information content (AvgIpc) is 2.65. The molecule has 0 radical (unpaired) electrons. The maximum Gasteiger partial charge on any atom is 0.356 e. The van der Waals surface area contributed by atoms with Gasteiger partial charge in [-0.3, -0.25) is 0 Å². The Morgan fingerprint density at radius 2 is 1.28 bits per heavy atom. The number of methoxy groups -OCH3 is 4. The van der Waals surface area contributed by atoms with Gasteiger partial charge in [0.1, 0.15) is 28.6 Å². The summed E-state index contributed by atoms with van der Waals surface area (Å²) < 4.78 is 19.9. The number of nitrogens with zero attached hydrogens (tertiary/aromatic N) is 1. The fraction of sp³-hybridized carbons (Fsp3) is 0.235. The molecular formula is C17H17NO7. The summed E-state index contributed by atoms with van der Waals surface area (Å²) in [5.41, 5.74) is 0.667. The van der Waals surface area contributed by atoms with Crippen LogP contribution in [0.25, 0.3) is 11.1 Å². The van der Waals surface area contributed by atoms with E-state index in [2.05, 4.69) is 14.5 Å². The first-order chi connectivity index (χ1) is 11.9. The number of ether oxygens (including phenoxy) is 4. The molecule has 0 amide bonds. The molecule has 8 nitrogen and oxygen atoms in total. The summed E-state index contributed by atoms with van der Waals surface area (Å²) in [6, 6.07) is 5.62. The molecule has 0 bridgehead atoms. The highest BCUT2D eigenvalue weighted by atomic mass is 16.5. The van der Waals surface area contributed by atoms with E-state index in [-0.39, 0.29) is 28.6 Å². The molecule has 0 saturated carbocycles. The highest BCUT2D eigenvalue weighted by Crippen LogP contribution is 2.41. The van der Waals surface area contributed by atoms with Gasteiger partial charge in [0.15, 0.2) is 0 Å². The molecule has 25 heavy (non-hydrogen) atoms. The van der Waals surface area contributed by atoms with Gasteiger partial charge in [-0.05, 0) is 17.7 Å². The van der Waals surface area contributed by atoms with Gasteiger partial charge in [0.05, 0.1) is 34.0 Å². The Morgan fingerprint density at radius 1 is 0.840 bits per heavy atom. The molecule has 0 saturated heterocycles. The second-order valence-corrected chi connectivity index (χ2v) is 4.83. The van der Waals surface area contributed by atoms with Crippen molar-refractivity contribution in [2.24, 2.45) is 0 Å². The van der Waals surface area contributed by atoms with Crippen molar-refractivity contribution in [3.8, 4) is 28.4 Å². The predicted octanol–water partition coefficient (Wildman–Crippen LogP) is 2.04. The lowest BCUT2D eigenvalue weighted by molar-refractivity contribution is 0.0586. The summed E-state index contributed by atoms with van der Waals surface area (Å²) >= 11 is 0. The number of benzene rings is 1. The van der Waals surface area contributed by atoms with E-state index in [9.17, 15) is 14.7 Å². The number of carbonyl (C=O) groups excluding carboxylic acids is 2. The number of aromatic hydroxyl groups is 1. The van der Waals surface area contributed by atoms with E-state index in [0.717, 1.165) is 0 Å². The summed E-state index contributed by atoms with van der Waals surface area (Å²) in [6.45, 7) is 0. The molecule has 0 atom stereocenters. The van der Waals surface area contributed by atoms with Gasteiger partial charge in [-0.1, -0.05) is 0 Å². The van der Waals surface area contributed by atoms with Crippen LogP contribution in [0.2, 0.25) is 0 Å². The van der Waals surface area contributed by atoms with E-state index in [1.807, 2.05) is 0 Å². The van der Waals surface area contributed by atoms with E-state index < -0.39 is 11.9 Å². The van der Waals surface area contributed by atoms with Crippen LogP contribution in [0.3, 0.4) is 0 Å². The normalized spacial score (nSPS) is 10.1. The van der Waals surface area contributed by atoms with E-state index >= 15 is 0 Å². The van der Waals surface area contributed by atoms with Crippen LogP contribution in [0.1, 0.15) is 21.0 Å². The predicted molar refractivity (Wildman–Crippen MR) is 87.1 cm³/mol. The summed E-state index contributed by atoms with van der Waals surface area (Å²) in [4.78, 5) is 27.7. The molecule has 0 unspecified atom stereocenters. The Morgan fingerprint density at radius 3 is 1.64 bits per heavy atom. The quantitative estimate of drug-likeness (QED) is 0.820. The van der Waals surface area contributed by atoms with Crippen molar-refractivity contribution in [1.29, 1.82) is 0 Å². The largest absolute Gasteiger partial charge is 0.508 e. The van der Waals surface area contributed by atoms with Crippen LogP contribution in [0, 0.1) is 0 Å². The number of phenols is 1. The Balaban J connectivity index is 2.78. The van der Waals surface area contributed by atoms with Crippen molar-refractivity contribution in [2.45, 2.75) is 0 Å². The van der Waals surface area contributed by atoms with E-state index in [4.69, 9.17) is 9.47 Å². The zero-order valence-electron chi connectivity index (χ0n) is 14.2. The Labute approximate surface area is 143 Å². The minimum Gasteiger partial charge on any atom is -0.508 e. The van der Waals surface area contributed by atoms with Crippen LogP contribution in [-0.4, -0.2) is 50.5 Å². The first kappa shape index (κ1) is 18.1. The van der Waals surface area contributed by atoms with Crippen LogP contribution < -0.4 is 9.47 Å². The molecule has 1 aromatic carbocycles. The number of carbonyl (C=O) groups is 2. The van der Waals surface area contributed by atoms with Crippen molar-refractivity contribution < 1.29 is 33.6 Å². The Kier molecular flexibility index (Phi) is 5.43. The molecule has 0 aliphatic carbocycles. The van der Waals surface area contributed by atoms with Crippen molar-refractivity contribution in [1.82, 2.24) is 4.98 Å². The molecule has 8 heteroatoms. The van der Waals surface area contributed by atoms with Crippen molar-refractivity contribution in [3.63, 3.8) is 0 Å². The summed E-state index contributed by atoms with van der Waals surface area (Å²) in [5.74, 6) is -0.926. The van der Waals surface area contributed by atoms with Gasteiger partial charge in [-0.15, -0.1) is 0 Å². The fourth-order valence-corrected chi connectivity index (χ4v) is 2.28. The van der Waals surface area contributed by atoms with E-state index in [1.54, 1.807) is 0 Å². The highest BCUT2D eigenvalue weighted by molar-refractivity contribution is 5.95. The third kappa shape index (κ3) is 3.63. The molecule has 1 N–H and O–H groups in total. The second kappa shape index (κ2) is 7.52. The molecule has 0 fully saturated rings. The van der Waals surface area contributed by atoms with E-state index in [0.29, 0.717) is 11.1 Å². The first-order valence-corrected chi connectivity index (χ1v) is 7.09. The number of hydrogen-bond acceptors (Lipinski definition) is 8. The fourth-order valence-electron chi connectivity index (χ4n) is 2.28. The number of rotatable bonds is 5. The van der Waals surface area contributed by atoms with E-state index in [1.165, 1.54) is 52.7 Å². The van der Waals surface area contributed by atoms with Crippen LogP contribution in [0.4, 0.5) is 0 Å². The van der Waals surface area contributed by atoms with Gasteiger partial charge in [0.2, 0.25) is 0 Å². The highest BCUT2D eigenvalue weighted by Gasteiger charge is 2.21. The molecule has 2 rings (SSSR count). The summed E-state index contributed by atoms with van der Waals surface area (Å²) in [5, 5.41) is 9.77. The minimum absolute atomic E-state index is 0.0621. The second-order valence-electron chi connectivity index (χ2n) is 4.83. The molecule has 0 aliphatic rings. The van der Waals surface area contributed by atoms with Crippen LogP contribution in [0.5, 0.6) is 17.2 Å². The maximum atomic E-state index is 11.9. The molecule has 2 aromatic rings. The van der Waals surface area contributed by atoms with Gasteiger partial charge in [0.25, 0.3) is 0 Å². The van der Waals surface area contributed by atoms with Crippen molar-refractivity contribution >= 4 is 11.9 Å². The van der Waals surface area contributed by atoms with Gasteiger partial charge in [0, 0.05) is 12.1 Å². The topological polar surface area (TPSA) is 104 Å². The standard InChI is InChI=1S/C17H17NO7/c1-22-13-7-10(19)8-14(23-2)15(13)9-5-11(16(20)24-3)18-12(6-9)17(21)25-4/h5-8,19H,1-4H3. The van der Waals surface area contributed by atoms with Crippen molar-refractivity contribution in [3.05, 3.63) is 35.7 Å². The van der Waals surface area contributed by atoms with Gasteiger partial charge >= 0.3 is 11.9 Å².